The molecule has 8 heteroatoms. The Bertz CT molecular complexity index is 509. The first kappa shape index (κ1) is 15.2. The molecule has 19 heavy (non-hydrogen) atoms. The first-order valence-electron chi connectivity index (χ1n) is 5.57. The van der Waals surface area contributed by atoms with Crippen LogP contribution in [0.2, 0.25) is 0 Å². The summed E-state index contributed by atoms with van der Waals surface area (Å²) in [5.74, 6) is -0.153. The van der Waals surface area contributed by atoms with Gasteiger partial charge in [0.15, 0.2) is 5.69 Å². The number of aryl methyl sites for hydroxylation is 1. The summed E-state index contributed by atoms with van der Waals surface area (Å²) in [6, 6.07) is 1.47. The molecule has 0 radical (unpaired) electrons. The maximum absolute atomic E-state index is 12.4. The molecule has 0 unspecified atom stereocenters. The van der Waals surface area contributed by atoms with Gasteiger partial charge in [0.1, 0.15) is 0 Å². The average Bonchev–Trinajstić information content (AvgIpc) is 2.29. The van der Waals surface area contributed by atoms with Gasteiger partial charge in [0.25, 0.3) is 5.56 Å². The minimum absolute atomic E-state index is 0.0255. The third-order valence-corrected chi connectivity index (χ3v) is 2.42. The monoisotopic (exact) mass is 277 g/mol. The van der Waals surface area contributed by atoms with E-state index in [1.54, 1.807) is 14.1 Å². The standard InChI is InChI=1S/C11H14F3N3O2/c1-16(2)9(18)4-3-7-17-10(19)6-5-8(15-17)11(12,13)14/h5-6H,3-4,7H2,1-2H3. The van der Waals surface area contributed by atoms with Crippen molar-refractivity contribution in [3.8, 4) is 0 Å². The molecule has 0 aliphatic carbocycles. The molecular weight excluding hydrogens is 263 g/mol. The summed E-state index contributed by atoms with van der Waals surface area (Å²) in [4.78, 5) is 24.0. The van der Waals surface area contributed by atoms with E-state index in [0.717, 1.165) is 10.7 Å². The first-order valence-corrected chi connectivity index (χ1v) is 5.57. The van der Waals surface area contributed by atoms with Crippen LogP contribution in [0.3, 0.4) is 0 Å². The molecule has 0 aliphatic heterocycles. The maximum Gasteiger partial charge on any atom is 0.435 e. The fraction of sp³-hybridized carbons (Fsp3) is 0.545. The van der Waals surface area contributed by atoms with Gasteiger partial charge in [-0.25, -0.2) is 4.68 Å². The number of nitrogens with zero attached hydrogens (tertiary/aromatic N) is 3. The maximum atomic E-state index is 12.4. The second-order valence-corrected chi connectivity index (χ2v) is 4.17. The Balaban J connectivity index is 2.73. The van der Waals surface area contributed by atoms with Crippen molar-refractivity contribution in [1.29, 1.82) is 0 Å². The van der Waals surface area contributed by atoms with Crippen molar-refractivity contribution in [1.82, 2.24) is 14.7 Å². The van der Waals surface area contributed by atoms with Crippen LogP contribution in [0, 0.1) is 0 Å². The normalized spacial score (nSPS) is 11.4. The molecule has 5 nitrogen and oxygen atoms in total. The van der Waals surface area contributed by atoms with E-state index in [4.69, 9.17) is 0 Å². The highest BCUT2D eigenvalue weighted by molar-refractivity contribution is 5.75. The molecule has 106 valence electrons. The summed E-state index contributed by atoms with van der Waals surface area (Å²) in [6.45, 7) is -0.0255. The molecule has 0 aromatic carbocycles. The smallest absolute Gasteiger partial charge is 0.349 e. The van der Waals surface area contributed by atoms with Crippen molar-refractivity contribution >= 4 is 5.91 Å². The molecular formula is C11H14F3N3O2. The third-order valence-electron chi connectivity index (χ3n) is 2.42. The molecule has 1 heterocycles. The van der Waals surface area contributed by atoms with Crippen molar-refractivity contribution in [2.75, 3.05) is 14.1 Å². The number of amides is 1. The van der Waals surface area contributed by atoms with Crippen molar-refractivity contribution < 1.29 is 18.0 Å². The minimum atomic E-state index is -4.59. The molecule has 0 saturated carbocycles. The highest BCUT2D eigenvalue weighted by Gasteiger charge is 2.33. The Kier molecular flexibility index (Phi) is 4.68. The quantitative estimate of drug-likeness (QED) is 0.829. The van der Waals surface area contributed by atoms with E-state index < -0.39 is 17.4 Å². The number of alkyl halides is 3. The van der Waals surface area contributed by atoms with Crippen molar-refractivity contribution in [2.24, 2.45) is 0 Å². The zero-order chi connectivity index (χ0) is 14.6. The predicted octanol–water partition coefficient (Wildman–Crippen LogP) is 1.13. The Morgan fingerprint density at radius 1 is 1.37 bits per heavy atom. The Morgan fingerprint density at radius 3 is 2.53 bits per heavy atom. The lowest BCUT2D eigenvalue weighted by molar-refractivity contribution is -0.142. The lowest BCUT2D eigenvalue weighted by atomic mass is 10.3. The molecule has 0 saturated heterocycles. The average molecular weight is 277 g/mol. The molecule has 0 aliphatic rings. The first-order chi connectivity index (χ1) is 8.71. The van der Waals surface area contributed by atoms with Crippen molar-refractivity contribution in [2.45, 2.75) is 25.6 Å². The van der Waals surface area contributed by atoms with Crippen molar-refractivity contribution in [3.63, 3.8) is 0 Å². The Hall–Kier alpha value is -1.86. The van der Waals surface area contributed by atoms with Gasteiger partial charge in [-0.15, -0.1) is 0 Å². The number of hydrogen-bond donors (Lipinski definition) is 0. The molecule has 1 rings (SSSR count). The molecule has 1 aromatic rings. The SMILES string of the molecule is CN(C)C(=O)CCCn1nc(C(F)(F)F)ccc1=O. The van der Waals surface area contributed by atoms with E-state index in [-0.39, 0.29) is 25.3 Å². The number of aromatic nitrogens is 2. The van der Waals surface area contributed by atoms with Crippen LogP contribution < -0.4 is 5.56 Å². The van der Waals surface area contributed by atoms with E-state index in [9.17, 15) is 22.8 Å². The van der Waals surface area contributed by atoms with Gasteiger partial charge in [-0.1, -0.05) is 0 Å². The largest absolute Gasteiger partial charge is 0.435 e. The van der Waals surface area contributed by atoms with Crippen LogP contribution in [0.5, 0.6) is 0 Å². The van der Waals surface area contributed by atoms with Gasteiger partial charge in [-0.05, 0) is 12.5 Å². The van der Waals surface area contributed by atoms with Gasteiger partial charge in [0, 0.05) is 33.1 Å². The van der Waals surface area contributed by atoms with Crippen LogP contribution in [0.4, 0.5) is 13.2 Å². The number of hydrogen-bond acceptors (Lipinski definition) is 3. The summed E-state index contributed by atoms with van der Waals surface area (Å²) in [6.07, 6.45) is -4.18. The molecule has 0 bridgehead atoms. The van der Waals surface area contributed by atoms with Crippen LogP contribution in [-0.2, 0) is 17.5 Å². The van der Waals surface area contributed by atoms with E-state index in [1.165, 1.54) is 4.90 Å². The third kappa shape index (κ3) is 4.38. The summed E-state index contributed by atoms with van der Waals surface area (Å²) in [5, 5.41) is 3.24. The molecule has 0 N–H and O–H groups in total. The van der Waals surface area contributed by atoms with Crippen LogP contribution >= 0.6 is 0 Å². The van der Waals surface area contributed by atoms with Gasteiger partial charge < -0.3 is 4.90 Å². The summed E-state index contributed by atoms with van der Waals surface area (Å²) < 4.78 is 38.0. The summed E-state index contributed by atoms with van der Waals surface area (Å²) in [7, 11) is 3.16. The number of rotatable bonds is 4. The topological polar surface area (TPSA) is 55.2 Å². The van der Waals surface area contributed by atoms with Gasteiger partial charge in [0.2, 0.25) is 5.91 Å². The Labute approximate surface area is 107 Å². The Morgan fingerprint density at radius 2 is 2.00 bits per heavy atom. The van der Waals surface area contributed by atoms with Crippen LogP contribution in [-0.4, -0.2) is 34.7 Å². The van der Waals surface area contributed by atoms with Gasteiger partial charge in [-0.2, -0.15) is 18.3 Å². The molecule has 1 amide bonds. The van der Waals surface area contributed by atoms with Gasteiger partial charge in [-0.3, -0.25) is 9.59 Å². The second-order valence-electron chi connectivity index (χ2n) is 4.17. The number of halogens is 3. The molecule has 0 spiro atoms. The van der Waals surface area contributed by atoms with E-state index >= 15 is 0 Å². The highest BCUT2D eigenvalue weighted by Crippen LogP contribution is 2.26. The van der Waals surface area contributed by atoms with Crippen LogP contribution in [0.25, 0.3) is 0 Å². The zero-order valence-electron chi connectivity index (χ0n) is 10.6. The number of carbonyl (C=O) groups is 1. The summed E-state index contributed by atoms with van der Waals surface area (Å²) in [5.41, 5.74) is -1.74. The predicted molar refractivity (Wildman–Crippen MR) is 61.4 cm³/mol. The van der Waals surface area contributed by atoms with E-state index in [1.807, 2.05) is 0 Å². The molecule has 0 atom stereocenters. The minimum Gasteiger partial charge on any atom is -0.349 e. The van der Waals surface area contributed by atoms with Crippen molar-refractivity contribution in [3.05, 3.63) is 28.2 Å². The summed E-state index contributed by atoms with van der Waals surface area (Å²) >= 11 is 0. The van der Waals surface area contributed by atoms with Gasteiger partial charge in [0.05, 0.1) is 0 Å². The zero-order valence-corrected chi connectivity index (χ0v) is 10.6. The second kappa shape index (κ2) is 5.85. The molecule has 0 fully saturated rings. The fourth-order valence-electron chi connectivity index (χ4n) is 1.36. The molecule has 1 aromatic heterocycles. The fourth-order valence-corrected chi connectivity index (χ4v) is 1.36. The van der Waals surface area contributed by atoms with E-state index in [2.05, 4.69) is 5.10 Å². The lowest BCUT2D eigenvalue weighted by Crippen LogP contribution is -2.27. The lowest BCUT2D eigenvalue weighted by Gasteiger charge is -2.11. The van der Waals surface area contributed by atoms with E-state index in [0.29, 0.717) is 6.07 Å². The van der Waals surface area contributed by atoms with Crippen LogP contribution in [0.15, 0.2) is 16.9 Å². The highest BCUT2D eigenvalue weighted by atomic mass is 19.4. The number of carbonyl (C=O) groups excluding carboxylic acids is 1. The van der Waals surface area contributed by atoms with Crippen LogP contribution in [0.1, 0.15) is 18.5 Å². The van der Waals surface area contributed by atoms with Gasteiger partial charge >= 0.3 is 6.18 Å².